The third-order valence-corrected chi connectivity index (χ3v) is 0.833. The van der Waals surface area contributed by atoms with Gasteiger partial charge in [0.25, 0.3) is 0 Å². The summed E-state index contributed by atoms with van der Waals surface area (Å²) in [5.41, 5.74) is 2.11. The molecule has 2 heteroatoms. The fourth-order valence-corrected chi connectivity index (χ4v) is 0.0913. The molecule has 0 radical (unpaired) electrons. The highest BCUT2D eigenvalue weighted by molar-refractivity contribution is 4.45. The van der Waals surface area contributed by atoms with Crippen LogP contribution in [0.3, 0.4) is 0 Å². The van der Waals surface area contributed by atoms with Crippen molar-refractivity contribution in [3.63, 3.8) is 0 Å². The number of nitrogens with one attached hydrogen (secondary N) is 1. The van der Waals surface area contributed by atoms with Crippen molar-refractivity contribution in [2.75, 3.05) is 0 Å². The lowest BCUT2D eigenvalue weighted by molar-refractivity contribution is 0.131. The molecule has 0 aliphatic heterocycles. The van der Waals surface area contributed by atoms with Gasteiger partial charge < -0.3 is 5.21 Å². The number of rotatable bonds is 2. The Morgan fingerprint density at radius 3 is 2.33 bits per heavy atom. The van der Waals surface area contributed by atoms with Gasteiger partial charge in [-0.2, -0.15) is 0 Å². The van der Waals surface area contributed by atoms with E-state index in [2.05, 4.69) is 5.48 Å². The second kappa shape index (κ2) is 3.12. The lowest BCUT2D eigenvalue weighted by Crippen LogP contribution is -2.19. The zero-order chi connectivity index (χ0) is 4.99. The smallest absolute Gasteiger partial charge is 0.0288 e. The van der Waals surface area contributed by atoms with E-state index in [9.17, 15) is 0 Å². The number of hydroxylamine groups is 1. The molecule has 0 aromatic carbocycles. The Kier molecular flexibility index (Phi) is 3.08. The topological polar surface area (TPSA) is 32.3 Å². The molecule has 0 aromatic rings. The van der Waals surface area contributed by atoms with Crippen LogP contribution in [0.5, 0.6) is 0 Å². The molecule has 2 N–H and O–H groups in total. The zero-order valence-electron chi connectivity index (χ0n) is 4.23. The summed E-state index contributed by atoms with van der Waals surface area (Å²) in [5, 5.41) is 8.08. The first-order chi connectivity index (χ1) is 2.81. The van der Waals surface area contributed by atoms with Crippen molar-refractivity contribution in [2.45, 2.75) is 26.3 Å². The van der Waals surface area contributed by atoms with Crippen LogP contribution in [-0.4, -0.2) is 11.2 Å². The van der Waals surface area contributed by atoms with Crippen molar-refractivity contribution in [2.24, 2.45) is 0 Å². The van der Waals surface area contributed by atoms with Gasteiger partial charge in [-0.3, -0.25) is 0 Å². The van der Waals surface area contributed by atoms with Crippen LogP contribution in [-0.2, 0) is 0 Å². The Morgan fingerprint density at radius 1 is 1.83 bits per heavy atom. The summed E-state index contributed by atoms with van der Waals surface area (Å²) in [5.74, 6) is 0. The van der Waals surface area contributed by atoms with Crippen LogP contribution < -0.4 is 5.48 Å². The standard InChI is InChI=1S/C4H11NO/c1-3-4(2)5-6/h4-6H,3H2,1-2H3/t4-/m0/s1. The minimum absolute atomic E-state index is 0.241. The average Bonchev–Trinajstić information content (AvgIpc) is 1.65. The van der Waals surface area contributed by atoms with E-state index in [4.69, 9.17) is 5.21 Å². The molecule has 6 heavy (non-hydrogen) atoms. The molecule has 0 amide bonds. The predicted molar refractivity (Wildman–Crippen MR) is 24.7 cm³/mol. The van der Waals surface area contributed by atoms with E-state index in [-0.39, 0.29) is 6.04 Å². The first-order valence-corrected chi connectivity index (χ1v) is 2.20. The molecule has 2 nitrogen and oxygen atoms in total. The van der Waals surface area contributed by atoms with E-state index in [1.54, 1.807) is 0 Å². The molecule has 0 aliphatic rings. The summed E-state index contributed by atoms with van der Waals surface area (Å²) in [6.45, 7) is 3.92. The zero-order valence-corrected chi connectivity index (χ0v) is 4.23. The molecule has 1 atom stereocenters. The monoisotopic (exact) mass is 89.1 g/mol. The van der Waals surface area contributed by atoms with E-state index < -0.39 is 0 Å². The molecule has 0 rings (SSSR count). The maximum atomic E-state index is 8.08. The highest BCUT2D eigenvalue weighted by Crippen LogP contribution is 1.82. The van der Waals surface area contributed by atoms with Crippen LogP contribution in [0, 0.1) is 0 Å². The number of hydrogen-bond donors (Lipinski definition) is 2. The highest BCUT2D eigenvalue weighted by Gasteiger charge is 1.88. The summed E-state index contributed by atoms with van der Waals surface area (Å²) in [6.07, 6.45) is 0.969. The summed E-state index contributed by atoms with van der Waals surface area (Å²) < 4.78 is 0. The van der Waals surface area contributed by atoms with Crippen LogP contribution in [0.2, 0.25) is 0 Å². The van der Waals surface area contributed by atoms with Gasteiger partial charge in [-0.05, 0) is 13.3 Å². The largest absolute Gasteiger partial charge is 0.317 e. The minimum atomic E-state index is 0.241. The van der Waals surface area contributed by atoms with Crippen LogP contribution >= 0.6 is 0 Å². The van der Waals surface area contributed by atoms with E-state index in [1.807, 2.05) is 13.8 Å². The molecule has 0 fully saturated rings. The van der Waals surface area contributed by atoms with Crippen molar-refractivity contribution in [1.29, 1.82) is 0 Å². The molecule has 0 saturated heterocycles. The average molecular weight is 89.1 g/mol. The van der Waals surface area contributed by atoms with Gasteiger partial charge in [-0.15, -0.1) is 0 Å². The molecular weight excluding hydrogens is 78.0 g/mol. The molecule has 0 heterocycles. The van der Waals surface area contributed by atoms with Gasteiger partial charge in [-0.25, -0.2) is 5.48 Å². The maximum absolute atomic E-state index is 8.08. The van der Waals surface area contributed by atoms with Crippen LogP contribution in [0.25, 0.3) is 0 Å². The van der Waals surface area contributed by atoms with Gasteiger partial charge in [0.05, 0.1) is 0 Å². The Bertz CT molecular complexity index is 26.7. The fourth-order valence-electron chi connectivity index (χ4n) is 0.0913. The quantitative estimate of drug-likeness (QED) is 0.489. The van der Waals surface area contributed by atoms with Gasteiger partial charge in [0.15, 0.2) is 0 Å². The molecule has 0 aliphatic carbocycles. The van der Waals surface area contributed by atoms with Gasteiger partial charge in [-0.1, -0.05) is 6.92 Å². The first-order valence-electron chi connectivity index (χ1n) is 2.20. The Hall–Kier alpha value is -0.0800. The SMILES string of the molecule is CC[C@H](C)NO. The second-order valence-electron chi connectivity index (χ2n) is 1.44. The van der Waals surface area contributed by atoms with Crippen molar-refractivity contribution < 1.29 is 5.21 Å². The van der Waals surface area contributed by atoms with E-state index in [0.717, 1.165) is 6.42 Å². The van der Waals surface area contributed by atoms with Crippen molar-refractivity contribution in [3.8, 4) is 0 Å². The predicted octanol–water partition coefficient (Wildman–Crippen LogP) is 0.764. The Morgan fingerprint density at radius 2 is 2.33 bits per heavy atom. The van der Waals surface area contributed by atoms with Gasteiger partial charge in [0.2, 0.25) is 0 Å². The van der Waals surface area contributed by atoms with E-state index in [1.165, 1.54) is 0 Å². The van der Waals surface area contributed by atoms with Crippen molar-refractivity contribution in [1.82, 2.24) is 5.48 Å². The van der Waals surface area contributed by atoms with Crippen molar-refractivity contribution >= 4 is 0 Å². The van der Waals surface area contributed by atoms with E-state index >= 15 is 0 Å². The fraction of sp³-hybridized carbons (Fsp3) is 1.00. The third-order valence-electron chi connectivity index (χ3n) is 0.833. The van der Waals surface area contributed by atoms with Gasteiger partial charge in [0, 0.05) is 6.04 Å². The first kappa shape index (κ1) is 5.92. The molecule has 38 valence electrons. The van der Waals surface area contributed by atoms with Gasteiger partial charge >= 0.3 is 0 Å². The molecule has 0 bridgehead atoms. The highest BCUT2D eigenvalue weighted by atomic mass is 16.5. The summed E-state index contributed by atoms with van der Waals surface area (Å²) >= 11 is 0. The molecule has 0 unspecified atom stereocenters. The third kappa shape index (κ3) is 2.18. The van der Waals surface area contributed by atoms with Crippen LogP contribution in [0.4, 0.5) is 0 Å². The number of hydrogen-bond acceptors (Lipinski definition) is 2. The summed E-state index contributed by atoms with van der Waals surface area (Å²) in [7, 11) is 0. The molecular formula is C4H11NO. The van der Waals surface area contributed by atoms with E-state index in [0.29, 0.717) is 0 Å². The summed E-state index contributed by atoms with van der Waals surface area (Å²) in [4.78, 5) is 0. The second-order valence-corrected chi connectivity index (χ2v) is 1.44. The molecule has 0 spiro atoms. The van der Waals surface area contributed by atoms with Crippen molar-refractivity contribution in [3.05, 3.63) is 0 Å². The van der Waals surface area contributed by atoms with Gasteiger partial charge in [0.1, 0.15) is 0 Å². The molecule has 0 saturated carbocycles. The maximum Gasteiger partial charge on any atom is 0.0288 e. The van der Waals surface area contributed by atoms with Crippen LogP contribution in [0.15, 0.2) is 0 Å². The lowest BCUT2D eigenvalue weighted by Gasteiger charge is -2.00. The Labute approximate surface area is 38.1 Å². The lowest BCUT2D eigenvalue weighted by atomic mass is 10.3. The minimum Gasteiger partial charge on any atom is -0.317 e. The van der Waals surface area contributed by atoms with Crippen LogP contribution in [0.1, 0.15) is 20.3 Å². The Balaban J connectivity index is 2.75. The molecule has 0 aromatic heterocycles. The normalized spacial score (nSPS) is 14.5. The summed E-state index contributed by atoms with van der Waals surface area (Å²) in [6, 6.07) is 0.241.